The Hall–Kier alpha value is -1.86. The van der Waals surface area contributed by atoms with E-state index >= 15 is 0 Å². The van der Waals surface area contributed by atoms with E-state index in [1.54, 1.807) is 11.9 Å². The molecule has 1 aromatic carbocycles. The van der Waals surface area contributed by atoms with E-state index in [9.17, 15) is 4.79 Å². The first-order valence-corrected chi connectivity index (χ1v) is 6.60. The predicted molar refractivity (Wildman–Crippen MR) is 73.6 cm³/mol. The highest BCUT2D eigenvalue weighted by Crippen LogP contribution is 2.20. The van der Waals surface area contributed by atoms with Crippen LogP contribution in [-0.2, 0) is 13.0 Å². The summed E-state index contributed by atoms with van der Waals surface area (Å²) >= 11 is 0. The number of carbonyl (C=O) groups is 1. The molecule has 1 N–H and O–H groups in total. The Morgan fingerprint density at radius 1 is 1.58 bits per heavy atom. The number of carbonyl (C=O) groups excluding carboxylic acids is 1. The van der Waals surface area contributed by atoms with Crippen LogP contribution < -0.4 is 5.32 Å². The van der Waals surface area contributed by atoms with Gasteiger partial charge in [0.05, 0.1) is 12.5 Å². The van der Waals surface area contributed by atoms with Crippen LogP contribution in [0.1, 0.15) is 34.8 Å². The second kappa shape index (κ2) is 5.85. The number of benzene rings is 1. The number of amides is 1. The van der Waals surface area contributed by atoms with Crippen LogP contribution in [0.2, 0.25) is 0 Å². The van der Waals surface area contributed by atoms with Crippen LogP contribution >= 0.6 is 0 Å². The Kier molecular flexibility index (Phi) is 4.18. The molecule has 1 aliphatic rings. The van der Waals surface area contributed by atoms with E-state index in [-0.39, 0.29) is 11.9 Å². The van der Waals surface area contributed by atoms with Gasteiger partial charge in [0, 0.05) is 25.2 Å². The Morgan fingerprint density at radius 3 is 3.11 bits per heavy atom. The number of nitrogens with one attached hydrogen (secondary N) is 1. The summed E-state index contributed by atoms with van der Waals surface area (Å²) in [6, 6.07) is 7.94. The Balaban J connectivity index is 2.27. The summed E-state index contributed by atoms with van der Waals surface area (Å²) in [5, 5.41) is 12.0. The lowest BCUT2D eigenvalue weighted by Gasteiger charge is -2.26. The summed E-state index contributed by atoms with van der Waals surface area (Å²) in [5.41, 5.74) is 3.15. The number of hydrogen-bond acceptors (Lipinski definition) is 3. The smallest absolute Gasteiger partial charge is 0.254 e. The molecular weight excluding hydrogens is 238 g/mol. The lowest BCUT2D eigenvalue weighted by atomic mass is 9.94. The van der Waals surface area contributed by atoms with E-state index in [0.717, 1.165) is 30.6 Å². The van der Waals surface area contributed by atoms with Crippen molar-refractivity contribution in [3.8, 4) is 6.07 Å². The van der Waals surface area contributed by atoms with E-state index < -0.39 is 0 Å². The molecule has 0 aromatic heterocycles. The van der Waals surface area contributed by atoms with E-state index in [1.807, 2.05) is 19.1 Å². The van der Waals surface area contributed by atoms with Crippen molar-refractivity contribution in [2.24, 2.45) is 0 Å². The average Bonchev–Trinajstić information content (AvgIpc) is 2.45. The third kappa shape index (κ3) is 2.77. The quantitative estimate of drug-likeness (QED) is 0.896. The van der Waals surface area contributed by atoms with Crippen LogP contribution in [0.25, 0.3) is 0 Å². The molecule has 0 saturated heterocycles. The van der Waals surface area contributed by atoms with Gasteiger partial charge in [0.25, 0.3) is 5.91 Å². The highest BCUT2D eigenvalue weighted by molar-refractivity contribution is 5.96. The summed E-state index contributed by atoms with van der Waals surface area (Å²) in [5.74, 6) is 0.0153. The van der Waals surface area contributed by atoms with Crippen molar-refractivity contribution in [2.45, 2.75) is 32.4 Å². The van der Waals surface area contributed by atoms with Crippen LogP contribution in [0.15, 0.2) is 18.2 Å². The van der Waals surface area contributed by atoms with Crippen molar-refractivity contribution in [1.82, 2.24) is 10.2 Å². The van der Waals surface area contributed by atoms with E-state index in [0.29, 0.717) is 6.42 Å². The zero-order chi connectivity index (χ0) is 13.8. The first-order valence-electron chi connectivity index (χ1n) is 6.60. The number of nitriles is 1. The zero-order valence-corrected chi connectivity index (χ0v) is 11.4. The maximum atomic E-state index is 12.5. The van der Waals surface area contributed by atoms with Crippen LogP contribution in [0.5, 0.6) is 0 Å². The molecule has 100 valence electrons. The summed E-state index contributed by atoms with van der Waals surface area (Å²) in [4.78, 5) is 14.2. The molecule has 1 atom stereocenters. The number of fused-ring (bicyclic) bond motifs is 1. The van der Waals surface area contributed by atoms with Gasteiger partial charge in [-0.2, -0.15) is 5.26 Å². The monoisotopic (exact) mass is 257 g/mol. The fraction of sp³-hybridized carbons (Fsp3) is 0.467. The van der Waals surface area contributed by atoms with Gasteiger partial charge in [-0.1, -0.05) is 12.1 Å². The molecule has 0 aliphatic carbocycles. The summed E-state index contributed by atoms with van der Waals surface area (Å²) in [6.45, 7) is 3.64. The number of rotatable bonds is 3. The van der Waals surface area contributed by atoms with Crippen LogP contribution in [0, 0.1) is 11.3 Å². The van der Waals surface area contributed by atoms with Gasteiger partial charge in [0.2, 0.25) is 0 Å². The lowest BCUT2D eigenvalue weighted by Crippen LogP contribution is -2.36. The van der Waals surface area contributed by atoms with Gasteiger partial charge in [-0.25, -0.2) is 0 Å². The van der Waals surface area contributed by atoms with E-state index in [1.165, 1.54) is 5.56 Å². The summed E-state index contributed by atoms with van der Waals surface area (Å²) in [6.07, 6.45) is 1.25. The lowest BCUT2D eigenvalue weighted by molar-refractivity contribution is 0.0745. The second-order valence-corrected chi connectivity index (χ2v) is 5.00. The molecule has 0 saturated carbocycles. The third-order valence-electron chi connectivity index (χ3n) is 3.74. The molecule has 0 fully saturated rings. The van der Waals surface area contributed by atoms with Gasteiger partial charge in [-0.3, -0.25) is 4.79 Å². The molecule has 0 bridgehead atoms. The van der Waals surface area contributed by atoms with E-state index in [4.69, 9.17) is 5.26 Å². The molecule has 1 amide bonds. The van der Waals surface area contributed by atoms with Gasteiger partial charge in [-0.05, 0) is 37.1 Å². The molecule has 2 rings (SSSR count). The van der Waals surface area contributed by atoms with Crippen LogP contribution in [0.4, 0.5) is 0 Å². The Labute approximate surface area is 114 Å². The largest absolute Gasteiger partial charge is 0.338 e. The molecule has 1 heterocycles. The molecule has 1 aliphatic heterocycles. The Bertz CT molecular complexity index is 519. The fourth-order valence-corrected chi connectivity index (χ4v) is 2.39. The van der Waals surface area contributed by atoms with Crippen molar-refractivity contribution >= 4 is 5.91 Å². The predicted octanol–water partition coefficient (Wildman–Crippen LogP) is 1.71. The molecule has 4 nitrogen and oxygen atoms in total. The van der Waals surface area contributed by atoms with E-state index in [2.05, 4.69) is 17.5 Å². The average molecular weight is 257 g/mol. The number of nitrogens with zero attached hydrogens (tertiary/aromatic N) is 2. The van der Waals surface area contributed by atoms with Gasteiger partial charge < -0.3 is 10.2 Å². The van der Waals surface area contributed by atoms with Crippen LogP contribution in [-0.4, -0.2) is 30.4 Å². The molecular formula is C15H19N3O. The molecule has 1 aromatic rings. The van der Waals surface area contributed by atoms with Gasteiger partial charge in [-0.15, -0.1) is 0 Å². The van der Waals surface area contributed by atoms with Gasteiger partial charge in [0.1, 0.15) is 0 Å². The minimum Gasteiger partial charge on any atom is -0.338 e. The van der Waals surface area contributed by atoms with Crippen molar-refractivity contribution in [1.29, 1.82) is 5.26 Å². The van der Waals surface area contributed by atoms with Crippen molar-refractivity contribution < 1.29 is 4.79 Å². The minimum atomic E-state index is -0.0601. The van der Waals surface area contributed by atoms with Gasteiger partial charge >= 0.3 is 0 Å². The zero-order valence-electron chi connectivity index (χ0n) is 11.4. The van der Waals surface area contributed by atoms with Crippen molar-refractivity contribution in [3.05, 3.63) is 34.9 Å². The van der Waals surface area contributed by atoms with Gasteiger partial charge in [0.15, 0.2) is 0 Å². The maximum Gasteiger partial charge on any atom is 0.254 e. The first-order chi connectivity index (χ1) is 9.15. The fourth-order valence-electron chi connectivity index (χ4n) is 2.39. The minimum absolute atomic E-state index is 0.0153. The molecule has 4 heteroatoms. The van der Waals surface area contributed by atoms with Crippen molar-refractivity contribution in [3.63, 3.8) is 0 Å². The van der Waals surface area contributed by atoms with Crippen LogP contribution in [0.3, 0.4) is 0 Å². The summed E-state index contributed by atoms with van der Waals surface area (Å²) < 4.78 is 0. The molecule has 1 unspecified atom stereocenters. The molecule has 0 radical (unpaired) electrons. The molecule has 0 spiro atoms. The standard InChI is InChI=1S/C15H19N3O/c1-11(6-8-16)18(2)15(19)14-5-3-4-12-10-17-9-7-13(12)14/h3-5,11,17H,6-7,9-10H2,1-2H3. The number of hydrogen-bond donors (Lipinski definition) is 1. The summed E-state index contributed by atoms with van der Waals surface area (Å²) in [7, 11) is 1.77. The Morgan fingerprint density at radius 2 is 2.37 bits per heavy atom. The SMILES string of the molecule is CC(CC#N)N(C)C(=O)c1cccc2c1CCNC2. The normalized spacial score (nSPS) is 15.2. The third-order valence-corrected chi connectivity index (χ3v) is 3.74. The highest BCUT2D eigenvalue weighted by atomic mass is 16.2. The van der Waals surface area contributed by atoms with Crippen molar-refractivity contribution in [2.75, 3.05) is 13.6 Å². The highest BCUT2D eigenvalue weighted by Gasteiger charge is 2.22. The first kappa shape index (κ1) is 13.6. The second-order valence-electron chi connectivity index (χ2n) is 5.00. The topological polar surface area (TPSA) is 56.1 Å². The molecule has 19 heavy (non-hydrogen) atoms. The maximum absolute atomic E-state index is 12.5.